The molecule has 0 aliphatic carbocycles. The molecule has 1 saturated heterocycles. The molecular formula is C14H19Cl2F5N2O. The molecule has 0 radical (unpaired) electrons. The number of ether oxygens (including phenoxy) is 1. The average Bonchev–Trinajstić information content (AvgIpc) is 2.50. The zero-order valence-corrected chi connectivity index (χ0v) is 14.2. The number of alkyl halides is 5. The van der Waals surface area contributed by atoms with E-state index in [4.69, 9.17) is 0 Å². The van der Waals surface area contributed by atoms with E-state index in [1.54, 1.807) is 0 Å². The summed E-state index contributed by atoms with van der Waals surface area (Å²) in [4.78, 5) is 1.94. The van der Waals surface area contributed by atoms with E-state index in [-0.39, 0.29) is 30.6 Å². The van der Waals surface area contributed by atoms with Crippen molar-refractivity contribution in [3.63, 3.8) is 0 Å². The van der Waals surface area contributed by atoms with Gasteiger partial charge in [0, 0.05) is 26.2 Å². The maximum absolute atomic E-state index is 13.3. The van der Waals surface area contributed by atoms with Gasteiger partial charge < -0.3 is 10.1 Å². The zero-order chi connectivity index (χ0) is 16.2. The highest BCUT2D eigenvalue weighted by Crippen LogP contribution is 2.29. The third kappa shape index (κ3) is 5.91. The first-order valence-corrected chi connectivity index (χ1v) is 6.89. The molecule has 1 N–H and O–H groups in total. The fourth-order valence-corrected chi connectivity index (χ4v) is 2.35. The fraction of sp³-hybridized carbons (Fsp3) is 0.571. The molecule has 140 valence electrons. The first-order valence-electron chi connectivity index (χ1n) is 6.89. The van der Waals surface area contributed by atoms with Gasteiger partial charge in [0.05, 0.1) is 6.04 Å². The molecule has 1 aliphatic heterocycles. The van der Waals surface area contributed by atoms with Gasteiger partial charge in [-0.3, -0.25) is 4.90 Å². The van der Waals surface area contributed by atoms with E-state index in [0.29, 0.717) is 18.7 Å². The minimum absolute atomic E-state index is 0. The van der Waals surface area contributed by atoms with Crippen LogP contribution in [-0.2, 0) is 0 Å². The molecule has 0 aromatic heterocycles. The zero-order valence-electron chi connectivity index (χ0n) is 12.6. The van der Waals surface area contributed by atoms with Gasteiger partial charge in [0.2, 0.25) is 0 Å². The Morgan fingerprint density at radius 1 is 1.08 bits per heavy atom. The standard InChI is InChI=1S/C14H17F5N2O.2ClH/c15-9-12(21-7-5-20-6-8-21)10-1-3-11(4-2-10)22-14(18,19)13(16)17;;/h1-4,12-13,20H,5-9H2;2*1H/t12-;;/m0../s1. The molecule has 1 atom stereocenters. The highest BCUT2D eigenvalue weighted by molar-refractivity contribution is 5.85. The van der Waals surface area contributed by atoms with Crippen molar-refractivity contribution in [3.05, 3.63) is 29.8 Å². The average molecular weight is 397 g/mol. The molecule has 24 heavy (non-hydrogen) atoms. The van der Waals surface area contributed by atoms with Crippen molar-refractivity contribution in [2.75, 3.05) is 32.9 Å². The molecule has 0 saturated carbocycles. The second kappa shape index (κ2) is 10.2. The van der Waals surface area contributed by atoms with Crippen molar-refractivity contribution in [1.29, 1.82) is 0 Å². The van der Waals surface area contributed by atoms with Crippen molar-refractivity contribution < 1.29 is 26.7 Å². The van der Waals surface area contributed by atoms with Gasteiger partial charge in [0.1, 0.15) is 12.4 Å². The summed E-state index contributed by atoms with van der Waals surface area (Å²) in [5.74, 6) is -0.382. The van der Waals surface area contributed by atoms with Crippen LogP contribution < -0.4 is 10.1 Å². The second-order valence-electron chi connectivity index (χ2n) is 4.99. The van der Waals surface area contributed by atoms with Crippen molar-refractivity contribution in [3.8, 4) is 5.75 Å². The number of hydrogen-bond donors (Lipinski definition) is 1. The monoisotopic (exact) mass is 396 g/mol. The summed E-state index contributed by atoms with van der Waals surface area (Å²) in [5, 5.41) is 3.15. The lowest BCUT2D eigenvalue weighted by Crippen LogP contribution is -2.45. The maximum Gasteiger partial charge on any atom is 0.461 e. The second-order valence-corrected chi connectivity index (χ2v) is 4.99. The van der Waals surface area contributed by atoms with Crippen LogP contribution in [0.2, 0.25) is 0 Å². The Bertz CT molecular complexity index is 473. The smallest absolute Gasteiger partial charge is 0.428 e. The highest BCUT2D eigenvalue weighted by atomic mass is 35.5. The van der Waals surface area contributed by atoms with E-state index in [9.17, 15) is 22.0 Å². The maximum atomic E-state index is 13.3. The molecule has 0 spiro atoms. The number of rotatable bonds is 6. The highest BCUT2D eigenvalue weighted by Gasteiger charge is 2.43. The van der Waals surface area contributed by atoms with Gasteiger partial charge in [-0.1, -0.05) is 12.1 Å². The minimum Gasteiger partial charge on any atom is -0.428 e. The van der Waals surface area contributed by atoms with Gasteiger partial charge in [0.25, 0.3) is 0 Å². The molecule has 1 heterocycles. The Kier molecular flexibility index (Phi) is 9.87. The van der Waals surface area contributed by atoms with Gasteiger partial charge in [-0.2, -0.15) is 17.6 Å². The third-order valence-corrected chi connectivity index (χ3v) is 3.51. The van der Waals surface area contributed by atoms with Crippen LogP contribution in [0.25, 0.3) is 0 Å². The van der Waals surface area contributed by atoms with Gasteiger partial charge in [-0.15, -0.1) is 24.8 Å². The quantitative estimate of drug-likeness (QED) is 0.742. The summed E-state index contributed by atoms with van der Waals surface area (Å²) in [5.41, 5.74) is 0.595. The van der Waals surface area contributed by atoms with Gasteiger partial charge in [-0.25, -0.2) is 4.39 Å². The van der Waals surface area contributed by atoms with Gasteiger partial charge in [-0.05, 0) is 17.7 Å². The molecule has 3 nitrogen and oxygen atoms in total. The SMILES string of the molecule is Cl.Cl.FC[C@@H](c1ccc(OC(F)(F)C(F)F)cc1)N1CCNCC1. The van der Waals surface area contributed by atoms with Crippen molar-refractivity contribution in [2.24, 2.45) is 0 Å². The van der Waals surface area contributed by atoms with Crippen molar-refractivity contribution >= 4 is 24.8 Å². The summed E-state index contributed by atoms with van der Waals surface area (Å²) >= 11 is 0. The largest absolute Gasteiger partial charge is 0.461 e. The first-order chi connectivity index (χ1) is 10.4. The van der Waals surface area contributed by atoms with Crippen LogP contribution in [0, 0.1) is 0 Å². The molecule has 0 unspecified atom stereocenters. The summed E-state index contributed by atoms with van der Waals surface area (Å²) < 4.78 is 67.0. The molecule has 1 aromatic carbocycles. The molecule has 10 heteroatoms. The van der Waals surface area contributed by atoms with Crippen LogP contribution in [0.1, 0.15) is 11.6 Å². The molecule has 1 aliphatic rings. The lowest BCUT2D eigenvalue weighted by molar-refractivity contribution is -0.253. The lowest BCUT2D eigenvalue weighted by atomic mass is 10.1. The number of nitrogens with one attached hydrogen (secondary N) is 1. The number of nitrogens with zero attached hydrogens (tertiary/aromatic N) is 1. The van der Waals surface area contributed by atoms with E-state index >= 15 is 0 Å². The normalized spacial score (nSPS) is 16.9. The van der Waals surface area contributed by atoms with Crippen LogP contribution in [0.5, 0.6) is 5.75 Å². The van der Waals surface area contributed by atoms with E-state index in [1.165, 1.54) is 12.1 Å². The van der Waals surface area contributed by atoms with Crippen LogP contribution in [-0.4, -0.2) is 50.3 Å². The Hall–Kier alpha value is -0.830. The molecule has 0 amide bonds. The lowest BCUT2D eigenvalue weighted by Gasteiger charge is -2.33. The molecule has 1 fully saturated rings. The predicted octanol–water partition coefficient (Wildman–Crippen LogP) is 3.68. The van der Waals surface area contributed by atoms with Gasteiger partial charge in [0.15, 0.2) is 0 Å². The molecule has 1 aromatic rings. The third-order valence-electron chi connectivity index (χ3n) is 3.51. The number of benzene rings is 1. The number of halogens is 7. The van der Waals surface area contributed by atoms with Crippen LogP contribution in [0.3, 0.4) is 0 Å². The number of piperazine rings is 1. The van der Waals surface area contributed by atoms with Crippen LogP contribution in [0.15, 0.2) is 24.3 Å². The van der Waals surface area contributed by atoms with Crippen LogP contribution in [0.4, 0.5) is 22.0 Å². The van der Waals surface area contributed by atoms with E-state index in [0.717, 1.165) is 25.2 Å². The Balaban J connectivity index is 0.00000264. The molecule has 2 rings (SSSR count). The van der Waals surface area contributed by atoms with Gasteiger partial charge >= 0.3 is 12.5 Å². The Labute approximate surface area is 149 Å². The summed E-state index contributed by atoms with van der Waals surface area (Å²) in [6.45, 7) is 2.23. The topological polar surface area (TPSA) is 24.5 Å². The van der Waals surface area contributed by atoms with Crippen molar-refractivity contribution in [1.82, 2.24) is 10.2 Å². The minimum atomic E-state index is -4.54. The summed E-state index contributed by atoms with van der Waals surface area (Å²) in [6.07, 6.45) is -8.45. The van der Waals surface area contributed by atoms with E-state index < -0.39 is 25.3 Å². The summed E-state index contributed by atoms with van der Waals surface area (Å²) in [6, 6.07) is 4.66. The Morgan fingerprint density at radius 2 is 1.62 bits per heavy atom. The predicted molar refractivity (Wildman–Crippen MR) is 85.7 cm³/mol. The fourth-order valence-electron chi connectivity index (χ4n) is 2.35. The van der Waals surface area contributed by atoms with Crippen LogP contribution >= 0.6 is 24.8 Å². The van der Waals surface area contributed by atoms with E-state index in [2.05, 4.69) is 10.1 Å². The van der Waals surface area contributed by atoms with Crippen molar-refractivity contribution in [2.45, 2.75) is 18.6 Å². The molecule has 0 bridgehead atoms. The Morgan fingerprint density at radius 3 is 2.08 bits per heavy atom. The first kappa shape index (κ1) is 23.2. The number of hydrogen-bond acceptors (Lipinski definition) is 3. The van der Waals surface area contributed by atoms with E-state index in [1.807, 2.05) is 4.90 Å². The summed E-state index contributed by atoms with van der Waals surface area (Å²) in [7, 11) is 0. The molecular weight excluding hydrogens is 378 g/mol.